The first-order valence-corrected chi connectivity index (χ1v) is 9.43. The Kier molecular flexibility index (Phi) is 4.90. The largest absolute Gasteiger partial charge is 0.325 e. The van der Waals surface area contributed by atoms with E-state index in [0.717, 1.165) is 17.5 Å². The van der Waals surface area contributed by atoms with Crippen LogP contribution in [0, 0.1) is 12.4 Å². The van der Waals surface area contributed by atoms with E-state index in [1.807, 2.05) is 25.1 Å². The van der Waals surface area contributed by atoms with Crippen molar-refractivity contribution in [3.05, 3.63) is 75.4 Å². The smallest absolute Gasteiger partial charge is 0.275 e. The molecule has 4 aromatic rings. The van der Waals surface area contributed by atoms with Gasteiger partial charge in [-0.2, -0.15) is 10.2 Å². The Morgan fingerprint density at radius 3 is 2.80 bits per heavy atom. The fourth-order valence-electron chi connectivity index (χ4n) is 3.78. The summed E-state index contributed by atoms with van der Waals surface area (Å²) in [6.45, 7) is 9.72. The Hall–Kier alpha value is -3.83. The molecular formula is C22H19FN6O. The zero-order valence-corrected chi connectivity index (χ0v) is 16.5. The van der Waals surface area contributed by atoms with Crippen LogP contribution in [-0.2, 0) is 20.0 Å². The van der Waals surface area contributed by atoms with Gasteiger partial charge in [0.2, 0.25) is 0 Å². The molecule has 0 amide bonds. The number of hydrogen-bond donors (Lipinski definition) is 2. The van der Waals surface area contributed by atoms with Crippen molar-refractivity contribution in [1.29, 1.82) is 0 Å². The third-order valence-electron chi connectivity index (χ3n) is 5.23. The van der Waals surface area contributed by atoms with E-state index in [2.05, 4.69) is 20.1 Å². The summed E-state index contributed by atoms with van der Waals surface area (Å²) in [6, 6.07) is 8.69. The topological polar surface area (TPSA) is 93.9 Å². The second-order valence-corrected chi connectivity index (χ2v) is 6.89. The first-order valence-electron chi connectivity index (χ1n) is 9.43. The lowest BCUT2D eigenvalue weighted by Gasteiger charge is -2.12. The number of benzene rings is 2. The molecule has 0 spiro atoms. The number of aromatic amines is 1. The van der Waals surface area contributed by atoms with Crippen molar-refractivity contribution in [2.24, 2.45) is 12.8 Å². The molecule has 2 heterocycles. The van der Waals surface area contributed by atoms with Crippen LogP contribution in [-0.4, -0.2) is 20.0 Å². The Labute approximate surface area is 171 Å². The minimum absolute atomic E-state index is 0.0521. The minimum Gasteiger partial charge on any atom is -0.325 e. The minimum atomic E-state index is -0.664. The zero-order chi connectivity index (χ0) is 21.4. The second kappa shape index (κ2) is 7.54. The summed E-state index contributed by atoms with van der Waals surface area (Å²) < 4.78 is 16.6. The maximum Gasteiger partial charge on any atom is 0.275 e. The van der Waals surface area contributed by atoms with E-state index in [9.17, 15) is 9.18 Å². The summed E-state index contributed by atoms with van der Waals surface area (Å²) in [7, 11) is 1.78. The van der Waals surface area contributed by atoms with Crippen LogP contribution in [0.2, 0.25) is 0 Å². The van der Waals surface area contributed by atoms with Gasteiger partial charge >= 0.3 is 0 Å². The Morgan fingerprint density at radius 1 is 1.30 bits per heavy atom. The van der Waals surface area contributed by atoms with Crippen molar-refractivity contribution in [2.75, 3.05) is 0 Å². The van der Waals surface area contributed by atoms with Crippen molar-refractivity contribution < 1.29 is 4.39 Å². The van der Waals surface area contributed by atoms with Crippen LogP contribution in [0.4, 0.5) is 10.1 Å². The number of nitrogens with one attached hydrogen (secondary N) is 1. The molecule has 0 saturated heterocycles. The first-order chi connectivity index (χ1) is 14.5. The molecule has 0 radical (unpaired) electrons. The molecule has 150 valence electrons. The van der Waals surface area contributed by atoms with Gasteiger partial charge < -0.3 is 5.73 Å². The number of nitrogens with zero attached hydrogens (tertiary/aromatic N) is 4. The first kappa shape index (κ1) is 19.5. The predicted octanol–water partition coefficient (Wildman–Crippen LogP) is 3.70. The molecule has 2 aromatic carbocycles. The zero-order valence-electron chi connectivity index (χ0n) is 16.5. The van der Waals surface area contributed by atoms with Crippen molar-refractivity contribution in [1.82, 2.24) is 20.0 Å². The number of rotatable bonds is 4. The van der Waals surface area contributed by atoms with Crippen LogP contribution in [0.15, 0.2) is 41.3 Å². The highest BCUT2D eigenvalue weighted by molar-refractivity contribution is 5.93. The molecule has 2 aromatic heterocycles. The van der Waals surface area contributed by atoms with Gasteiger partial charge in [-0.3, -0.25) is 9.48 Å². The summed E-state index contributed by atoms with van der Waals surface area (Å²) in [5.74, 6) is -0.664. The van der Waals surface area contributed by atoms with Gasteiger partial charge in [-0.1, -0.05) is 25.1 Å². The maximum atomic E-state index is 15.0. The van der Waals surface area contributed by atoms with Crippen molar-refractivity contribution >= 4 is 16.5 Å². The molecule has 0 saturated carbocycles. The van der Waals surface area contributed by atoms with Gasteiger partial charge in [-0.05, 0) is 29.7 Å². The fraction of sp³-hybridized carbons (Fsp3) is 0.182. The molecule has 0 unspecified atom stereocenters. The number of para-hydroxylation sites is 1. The number of fused-ring (bicyclic) bond motifs is 1. The van der Waals surface area contributed by atoms with Crippen LogP contribution in [0.5, 0.6) is 0 Å². The molecule has 0 bridgehead atoms. The maximum absolute atomic E-state index is 15.0. The van der Waals surface area contributed by atoms with E-state index in [1.54, 1.807) is 24.0 Å². The lowest BCUT2D eigenvalue weighted by molar-refractivity contribution is 0.638. The SMILES string of the molecule is [C-]#[N+]c1c(CC)cccc1-c1c(-c2cc(F)c3c(=O)[nH]nc(CN)c3c2)cnn1C. The normalized spacial score (nSPS) is 11.0. The highest BCUT2D eigenvalue weighted by atomic mass is 19.1. The summed E-state index contributed by atoms with van der Waals surface area (Å²) in [5.41, 5.74) is 9.61. The number of aromatic nitrogens is 4. The molecule has 0 atom stereocenters. The number of nitrogens with two attached hydrogens (primary N) is 1. The molecule has 7 nitrogen and oxygen atoms in total. The molecule has 3 N–H and O–H groups in total. The van der Waals surface area contributed by atoms with Crippen molar-refractivity contribution in [3.63, 3.8) is 0 Å². The molecule has 0 aliphatic heterocycles. The fourth-order valence-corrected chi connectivity index (χ4v) is 3.78. The van der Waals surface area contributed by atoms with Crippen LogP contribution in [0.1, 0.15) is 18.2 Å². The summed E-state index contributed by atoms with van der Waals surface area (Å²) >= 11 is 0. The van der Waals surface area contributed by atoms with Crippen LogP contribution in [0.3, 0.4) is 0 Å². The van der Waals surface area contributed by atoms with Crippen molar-refractivity contribution in [3.8, 4) is 22.4 Å². The number of H-pyrrole nitrogens is 1. The molecule has 30 heavy (non-hydrogen) atoms. The van der Waals surface area contributed by atoms with E-state index in [-0.39, 0.29) is 11.9 Å². The monoisotopic (exact) mass is 402 g/mol. The van der Waals surface area contributed by atoms with Crippen molar-refractivity contribution in [2.45, 2.75) is 19.9 Å². The highest BCUT2D eigenvalue weighted by Crippen LogP contribution is 2.40. The number of halogens is 1. The Morgan fingerprint density at radius 2 is 2.10 bits per heavy atom. The quantitative estimate of drug-likeness (QED) is 0.509. The number of aryl methyl sites for hydroxylation is 2. The van der Waals surface area contributed by atoms with Crippen LogP contribution in [0.25, 0.3) is 38.0 Å². The summed E-state index contributed by atoms with van der Waals surface area (Å²) in [4.78, 5) is 15.9. The predicted molar refractivity (Wildman–Crippen MR) is 113 cm³/mol. The average molecular weight is 402 g/mol. The van der Waals surface area contributed by atoms with E-state index in [0.29, 0.717) is 33.6 Å². The number of hydrogen-bond acceptors (Lipinski definition) is 4. The third kappa shape index (κ3) is 2.96. The third-order valence-corrected chi connectivity index (χ3v) is 5.23. The van der Waals surface area contributed by atoms with E-state index in [1.165, 1.54) is 6.07 Å². The summed E-state index contributed by atoms with van der Waals surface area (Å²) in [6.07, 6.45) is 2.35. The standard InChI is InChI=1S/C22H19FN6O/c1-4-12-6-5-7-14(20(12)25-2)21-16(11-26-29(21)3)13-8-15-18(10-24)27-28-22(30)19(15)17(23)9-13/h5-9,11H,4,10,24H2,1,3H3,(H,28,30). The Balaban J connectivity index is 2.03. The molecule has 0 fully saturated rings. The van der Waals surface area contributed by atoms with Gasteiger partial charge in [0.05, 0.1) is 29.5 Å². The van der Waals surface area contributed by atoms with Crippen LogP contribution < -0.4 is 11.3 Å². The lowest BCUT2D eigenvalue weighted by atomic mass is 9.96. The second-order valence-electron chi connectivity index (χ2n) is 6.89. The van der Waals surface area contributed by atoms with Gasteiger partial charge in [-0.25, -0.2) is 14.3 Å². The molecule has 4 rings (SSSR count). The van der Waals surface area contributed by atoms with Gasteiger partial charge in [0.25, 0.3) is 5.56 Å². The van der Waals surface area contributed by atoms with Gasteiger partial charge in [0.1, 0.15) is 5.82 Å². The molecule has 8 heteroatoms. The van der Waals surface area contributed by atoms with E-state index in [4.69, 9.17) is 12.3 Å². The van der Waals surface area contributed by atoms with E-state index >= 15 is 0 Å². The van der Waals surface area contributed by atoms with Gasteiger partial charge in [0.15, 0.2) is 5.69 Å². The molecule has 0 aliphatic rings. The summed E-state index contributed by atoms with van der Waals surface area (Å²) in [5, 5.41) is 10.9. The van der Waals surface area contributed by atoms with Crippen LogP contribution >= 0.6 is 0 Å². The van der Waals surface area contributed by atoms with E-state index < -0.39 is 11.4 Å². The molecule has 0 aliphatic carbocycles. The average Bonchev–Trinajstić information content (AvgIpc) is 3.14. The van der Waals surface area contributed by atoms with Gasteiger partial charge in [-0.15, -0.1) is 0 Å². The molecular weight excluding hydrogens is 383 g/mol. The highest BCUT2D eigenvalue weighted by Gasteiger charge is 2.20. The lowest BCUT2D eigenvalue weighted by Crippen LogP contribution is -2.14. The van der Waals surface area contributed by atoms with Gasteiger partial charge in [0, 0.05) is 30.1 Å². The Bertz CT molecular complexity index is 1380.